The van der Waals surface area contributed by atoms with Gasteiger partial charge in [-0.3, -0.25) is 9.69 Å². The monoisotopic (exact) mass is 366 g/mol. The summed E-state index contributed by atoms with van der Waals surface area (Å²) in [6.07, 6.45) is 1.78. The first-order valence-electron chi connectivity index (χ1n) is 9.71. The number of rotatable bonds is 5. The summed E-state index contributed by atoms with van der Waals surface area (Å²) in [6, 6.07) is 14.3. The van der Waals surface area contributed by atoms with E-state index < -0.39 is 0 Å². The van der Waals surface area contributed by atoms with Crippen LogP contribution >= 0.6 is 0 Å². The summed E-state index contributed by atoms with van der Waals surface area (Å²) in [5, 5.41) is 3.19. The number of hydrogen-bond acceptors (Lipinski definition) is 4. The van der Waals surface area contributed by atoms with Gasteiger partial charge in [0.05, 0.1) is 25.8 Å². The molecule has 5 nitrogen and oxygen atoms in total. The Morgan fingerprint density at radius 2 is 2.15 bits per heavy atom. The van der Waals surface area contributed by atoms with Gasteiger partial charge in [-0.15, -0.1) is 0 Å². The fraction of sp³-hybridized carbons (Fsp3) is 0.409. The van der Waals surface area contributed by atoms with Crippen LogP contribution in [0.25, 0.3) is 0 Å². The van der Waals surface area contributed by atoms with Crippen molar-refractivity contribution in [3.05, 3.63) is 59.2 Å². The number of nitrogens with zero attached hydrogens (tertiary/aromatic N) is 1. The molecule has 2 aliphatic rings. The van der Waals surface area contributed by atoms with E-state index in [1.54, 1.807) is 0 Å². The van der Waals surface area contributed by atoms with Gasteiger partial charge in [0.2, 0.25) is 5.91 Å². The first kappa shape index (κ1) is 17.9. The highest BCUT2D eigenvalue weighted by molar-refractivity contribution is 5.78. The Hall–Kier alpha value is -2.53. The zero-order valence-corrected chi connectivity index (χ0v) is 15.7. The number of carbonyl (C=O) groups is 1. The van der Waals surface area contributed by atoms with Crippen LogP contribution in [-0.2, 0) is 17.8 Å². The molecule has 2 aliphatic heterocycles. The highest BCUT2D eigenvalue weighted by atomic mass is 16.5. The number of carbonyl (C=O) groups excluding carboxylic acids is 1. The van der Waals surface area contributed by atoms with Gasteiger partial charge >= 0.3 is 0 Å². The Labute approximate surface area is 160 Å². The van der Waals surface area contributed by atoms with Gasteiger partial charge in [0.25, 0.3) is 0 Å². The SMILES string of the molecule is CCOc1ccc2c(c1)CN(CC(=O)N[C@H]1CCOc3ccccc31)CC2. The number of amides is 1. The van der Waals surface area contributed by atoms with Crippen molar-refractivity contribution in [3.8, 4) is 11.5 Å². The van der Waals surface area contributed by atoms with Crippen LogP contribution in [0, 0.1) is 0 Å². The number of nitrogens with one attached hydrogen (secondary N) is 1. The molecule has 1 atom stereocenters. The molecule has 2 aromatic rings. The molecule has 0 fully saturated rings. The van der Waals surface area contributed by atoms with E-state index in [0.717, 1.165) is 43.0 Å². The van der Waals surface area contributed by atoms with Crippen molar-refractivity contribution in [3.63, 3.8) is 0 Å². The molecule has 0 spiro atoms. The molecular weight excluding hydrogens is 340 g/mol. The van der Waals surface area contributed by atoms with Gasteiger partial charge in [0.1, 0.15) is 11.5 Å². The predicted molar refractivity (Wildman–Crippen MR) is 104 cm³/mol. The Bertz CT molecular complexity index is 821. The average Bonchev–Trinajstić information content (AvgIpc) is 2.68. The zero-order chi connectivity index (χ0) is 18.6. The lowest BCUT2D eigenvalue weighted by atomic mass is 9.99. The number of hydrogen-bond donors (Lipinski definition) is 1. The van der Waals surface area contributed by atoms with Crippen LogP contribution in [0.3, 0.4) is 0 Å². The minimum atomic E-state index is 0.0316. The fourth-order valence-corrected chi connectivity index (χ4v) is 3.92. The summed E-state index contributed by atoms with van der Waals surface area (Å²) in [7, 11) is 0. The number of ether oxygens (including phenoxy) is 2. The van der Waals surface area contributed by atoms with Crippen LogP contribution in [0.1, 0.15) is 36.1 Å². The van der Waals surface area contributed by atoms with Crippen LogP contribution in [-0.4, -0.2) is 37.1 Å². The lowest BCUT2D eigenvalue weighted by Gasteiger charge is -2.30. The van der Waals surface area contributed by atoms with E-state index >= 15 is 0 Å². The largest absolute Gasteiger partial charge is 0.494 e. The Morgan fingerprint density at radius 3 is 3.04 bits per heavy atom. The van der Waals surface area contributed by atoms with Gasteiger partial charge in [-0.05, 0) is 42.7 Å². The Kier molecular flexibility index (Phi) is 5.30. The molecule has 0 radical (unpaired) electrons. The lowest BCUT2D eigenvalue weighted by Crippen LogP contribution is -2.42. The second kappa shape index (κ2) is 8.01. The van der Waals surface area contributed by atoms with Crippen LogP contribution < -0.4 is 14.8 Å². The van der Waals surface area contributed by atoms with Gasteiger partial charge in [-0.1, -0.05) is 24.3 Å². The topological polar surface area (TPSA) is 50.8 Å². The van der Waals surface area contributed by atoms with Crippen molar-refractivity contribution in [1.82, 2.24) is 10.2 Å². The van der Waals surface area contributed by atoms with Gasteiger partial charge < -0.3 is 14.8 Å². The number of para-hydroxylation sites is 1. The molecule has 0 aromatic heterocycles. The summed E-state index contributed by atoms with van der Waals surface area (Å²) in [4.78, 5) is 14.9. The highest BCUT2D eigenvalue weighted by Gasteiger charge is 2.24. The molecule has 0 saturated heterocycles. The van der Waals surface area contributed by atoms with Gasteiger partial charge in [0.15, 0.2) is 0 Å². The molecule has 1 amide bonds. The summed E-state index contributed by atoms with van der Waals surface area (Å²) >= 11 is 0. The van der Waals surface area contributed by atoms with Gasteiger partial charge in [-0.2, -0.15) is 0 Å². The molecular formula is C22H26N2O3. The molecule has 0 aliphatic carbocycles. The second-order valence-corrected chi connectivity index (χ2v) is 7.12. The van der Waals surface area contributed by atoms with E-state index in [4.69, 9.17) is 9.47 Å². The van der Waals surface area contributed by atoms with Crippen molar-refractivity contribution < 1.29 is 14.3 Å². The second-order valence-electron chi connectivity index (χ2n) is 7.12. The minimum absolute atomic E-state index is 0.0316. The number of fused-ring (bicyclic) bond motifs is 2. The van der Waals surface area contributed by atoms with Crippen molar-refractivity contribution >= 4 is 5.91 Å². The van der Waals surface area contributed by atoms with Crippen LogP contribution in [0.4, 0.5) is 0 Å². The molecule has 2 aromatic carbocycles. The maximum absolute atomic E-state index is 12.7. The standard InChI is InChI=1S/C22H26N2O3/c1-2-26-18-8-7-16-9-11-24(14-17(16)13-18)15-22(25)23-20-10-12-27-21-6-4-3-5-19(20)21/h3-8,13,20H,2,9-12,14-15H2,1H3,(H,23,25)/t20-/m0/s1. The normalized spacial score (nSPS) is 18.8. The maximum Gasteiger partial charge on any atom is 0.234 e. The smallest absolute Gasteiger partial charge is 0.234 e. The third-order valence-corrected chi connectivity index (χ3v) is 5.24. The van der Waals surface area contributed by atoms with Gasteiger partial charge in [0, 0.05) is 25.1 Å². The van der Waals surface area contributed by atoms with E-state index in [1.165, 1.54) is 11.1 Å². The number of benzene rings is 2. The summed E-state index contributed by atoms with van der Waals surface area (Å²) in [5.41, 5.74) is 3.69. The molecule has 1 N–H and O–H groups in total. The maximum atomic E-state index is 12.7. The summed E-state index contributed by atoms with van der Waals surface area (Å²) in [5.74, 6) is 1.85. The van der Waals surface area contributed by atoms with E-state index in [0.29, 0.717) is 19.8 Å². The van der Waals surface area contributed by atoms with Crippen LogP contribution in [0.5, 0.6) is 11.5 Å². The van der Waals surface area contributed by atoms with Crippen LogP contribution in [0.2, 0.25) is 0 Å². The van der Waals surface area contributed by atoms with E-state index in [9.17, 15) is 4.79 Å². The van der Waals surface area contributed by atoms with E-state index in [1.807, 2.05) is 37.3 Å². The molecule has 27 heavy (non-hydrogen) atoms. The van der Waals surface area contributed by atoms with Gasteiger partial charge in [-0.25, -0.2) is 0 Å². The molecule has 0 bridgehead atoms. The zero-order valence-electron chi connectivity index (χ0n) is 15.7. The van der Waals surface area contributed by atoms with Crippen molar-refractivity contribution in [2.24, 2.45) is 0 Å². The Morgan fingerprint density at radius 1 is 1.26 bits per heavy atom. The molecule has 142 valence electrons. The average molecular weight is 366 g/mol. The predicted octanol–water partition coefficient (Wildman–Crippen LogP) is 3.08. The van der Waals surface area contributed by atoms with Crippen molar-refractivity contribution in [2.45, 2.75) is 32.4 Å². The van der Waals surface area contributed by atoms with E-state index in [2.05, 4.69) is 22.3 Å². The third-order valence-electron chi connectivity index (χ3n) is 5.24. The third kappa shape index (κ3) is 4.08. The molecule has 2 heterocycles. The first-order valence-corrected chi connectivity index (χ1v) is 9.71. The minimum Gasteiger partial charge on any atom is -0.494 e. The van der Waals surface area contributed by atoms with Crippen molar-refractivity contribution in [1.29, 1.82) is 0 Å². The summed E-state index contributed by atoms with van der Waals surface area (Å²) in [6.45, 7) is 5.39. The van der Waals surface area contributed by atoms with Crippen molar-refractivity contribution in [2.75, 3.05) is 26.3 Å². The van der Waals surface area contributed by atoms with Crippen LogP contribution in [0.15, 0.2) is 42.5 Å². The molecule has 0 unspecified atom stereocenters. The quantitative estimate of drug-likeness (QED) is 0.884. The first-order chi connectivity index (χ1) is 13.2. The lowest BCUT2D eigenvalue weighted by molar-refractivity contribution is -0.123. The summed E-state index contributed by atoms with van der Waals surface area (Å²) < 4.78 is 11.3. The fourth-order valence-electron chi connectivity index (χ4n) is 3.92. The molecule has 5 heteroatoms. The molecule has 4 rings (SSSR count). The van der Waals surface area contributed by atoms with E-state index in [-0.39, 0.29) is 11.9 Å². The molecule has 0 saturated carbocycles. The Balaban J connectivity index is 1.38. The highest BCUT2D eigenvalue weighted by Crippen LogP contribution is 2.31.